The van der Waals surface area contributed by atoms with Gasteiger partial charge >= 0.3 is 0 Å². The number of anilines is 1. The molecule has 0 spiro atoms. The van der Waals surface area contributed by atoms with Crippen LogP contribution in [-0.2, 0) is 17.6 Å². The van der Waals surface area contributed by atoms with Crippen LogP contribution in [0.1, 0.15) is 28.1 Å². The number of carbonyl (C=O) groups is 1. The number of hydrogen-bond acceptors (Lipinski definition) is 6. The van der Waals surface area contributed by atoms with Crippen molar-refractivity contribution in [2.24, 2.45) is 0 Å². The summed E-state index contributed by atoms with van der Waals surface area (Å²) in [6.07, 6.45) is 0.658. The zero-order valence-electron chi connectivity index (χ0n) is 19.4. The molecule has 2 aromatic carbocycles. The third-order valence-electron chi connectivity index (χ3n) is 6.35. The fourth-order valence-electron chi connectivity index (χ4n) is 4.61. The van der Waals surface area contributed by atoms with Gasteiger partial charge in [-0.05, 0) is 30.5 Å². The summed E-state index contributed by atoms with van der Waals surface area (Å²) >= 11 is 1.34. The maximum Gasteiger partial charge on any atom is 0.296 e. The van der Waals surface area contributed by atoms with E-state index in [-0.39, 0.29) is 17.9 Å². The van der Waals surface area contributed by atoms with Crippen molar-refractivity contribution in [2.45, 2.75) is 26.7 Å². The van der Waals surface area contributed by atoms with Crippen LogP contribution >= 0.6 is 11.3 Å². The van der Waals surface area contributed by atoms with E-state index in [1.807, 2.05) is 40.6 Å². The smallest absolute Gasteiger partial charge is 0.296 e. The molecule has 7 nitrogen and oxygen atoms in total. The third-order valence-corrected chi connectivity index (χ3v) is 7.22. The first kappa shape index (κ1) is 22.3. The van der Waals surface area contributed by atoms with E-state index >= 15 is 0 Å². The minimum Gasteiger partial charge on any atom is -0.368 e. The Kier molecular flexibility index (Phi) is 6.15. The number of thiazole rings is 1. The van der Waals surface area contributed by atoms with Crippen molar-refractivity contribution in [3.63, 3.8) is 0 Å². The summed E-state index contributed by atoms with van der Waals surface area (Å²) in [6, 6.07) is 16.1. The van der Waals surface area contributed by atoms with Crippen LogP contribution in [0.5, 0.6) is 0 Å². The van der Waals surface area contributed by atoms with Gasteiger partial charge in [0.05, 0.1) is 12.1 Å². The highest BCUT2D eigenvalue weighted by molar-refractivity contribution is 7.15. The number of benzene rings is 2. The van der Waals surface area contributed by atoms with Crippen LogP contribution in [-0.4, -0.2) is 51.6 Å². The first-order valence-electron chi connectivity index (χ1n) is 11.5. The van der Waals surface area contributed by atoms with Crippen molar-refractivity contribution in [2.75, 3.05) is 31.1 Å². The number of carbonyl (C=O) groups excluding carboxylic acids is 1. The van der Waals surface area contributed by atoms with Crippen molar-refractivity contribution >= 4 is 27.9 Å². The fourth-order valence-corrected chi connectivity index (χ4v) is 5.42. The summed E-state index contributed by atoms with van der Waals surface area (Å²) < 4.78 is 1.66. The molecule has 0 bridgehead atoms. The highest BCUT2D eigenvalue weighted by Crippen LogP contribution is 2.25. The quantitative estimate of drug-likeness (QED) is 0.445. The van der Waals surface area contributed by atoms with Gasteiger partial charge in [0.15, 0.2) is 0 Å². The summed E-state index contributed by atoms with van der Waals surface area (Å²) in [6.45, 7) is 7.29. The van der Waals surface area contributed by atoms with E-state index in [4.69, 9.17) is 0 Å². The van der Waals surface area contributed by atoms with Gasteiger partial charge in [-0.25, -0.2) is 4.52 Å². The van der Waals surface area contributed by atoms with Crippen LogP contribution < -0.4 is 10.5 Å². The molecule has 2 aromatic heterocycles. The zero-order chi connectivity index (χ0) is 23.7. The number of fused-ring (bicyclic) bond motifs is 1. The second kappa shape index (κ2) is 9.38. The van der Waals surface area contributed by atoms with Gasteiger partial charge in [0.2, 0.25) is 10.9 Å². The Labute approximate surface area is 202 Å². The molecule has 1 saturated heterocycles. The largest absolute Gasteiger partial charge is 0.368 e. The number of piperazine rings is 1. The summed E-state index contributed by atoms with van der Waals surface area (Å²) in [5, 5.41) is 6.45. The van der Waals surface area contributed by atoms with Crippen molar-refractivity contribution < 1.29 is 4.79 Å². The number of para-hydroxylation sites is 1. The van der Waals surface area contributed by atoms with E-state index in [2.05, 4.69) is 47.0 Å². The Bertz CT molecular complexity index is 1370. The van der Waals surface area contributed by atoms with E-state index < -0.39 is 0 Å². The highest BCUT2D eigenvalue weighted by atomic mass is 32.1. The maximum absolute atomic E-state index is 13.1. The van der Waals surface area contributed by atoms with Gasteiger partial charge in [0.25, 0.3) is 5.56 Å². The molecule has 0 N–H and O–H groups in total. The number of rotatable bonds is 5. The standard InChI is InChI=1S/C26H27N5O2S/c1-18-7-6-8-19(2)24(18)30-13-11-29(12-14-30)23(32)16-21-17-34-26-27-25(33)22(28-31(21)26)15-20-9-4-3-5-10-20/h3-10,17H,11-16H2,1-2H3. The monoisotopic (exact) mass is 473 g/mol. The average Bonchev–Trinajstić information content (AvgIpc) is 3.21. The lowest BCUT2D eigenvalue weighted by atomic mass is 10.1. The Hall–Kier alpha value is -3.52. The number of aromatic nitrogens is 3. The Morgan fingerprint density at radius 2 is 1.68 bits per heavy atom. The zero-order valence-corrected chi connectivity index (χ0v) is 20.2. The number of aryl methyl sites for hydroxylation is 2. The van der Waals surface area contributed by atoms with Gasteiger partial charge in [-0.2, -0.15) is 10.1 Å². The molecular weight excluding hydrogens is 446 g/mol. The second-order valence-electron chi connectivity index (χ2n) is 8.73. The van der Waals surface area contributed by atoms with Crippen LogP contribution in [0.2, 0.25) is 0 Å². The lowest BCUT2D eigenvalue weighted by molar-refractivity contribution is -0.130. The lowest BCUT2D eigenvalue weighted by Crippen LogP contribution is -2.49. The SMILES string of the molecule is Cc1cccc(C)c1N1CCN(C(=O)Cc2csc3nc(=O)c(Cc4ccccc4)nn23)CC1. The van der Waals surface area contributed by atoms with Crippen molar-refractivity contribution in [3.05, 3.63) is 92.3 Å². The second-order valence-corrected chi connectivity index (χ2v) is 9.57. The van der Waals surface area contributed by atoms with E-state index in [0.29, 0.717) is 30.2 Å². The van der Waals surface area contributed by atoms with E-state index in [0.717, 1.165) is 24.3 Å². The molecule has 0 aliphatic carbocycles. The molecule has 0 saturated carbocycles. The van der Waals surface area contributed by atoms with Gasteiger partial charge in [-0.3, -0.25) is 9.59 Å². The van der Waals surface area contributed by atoms with Crippen molar-refractivity contribution in [1.82, 2.24) is 19.5 Å². The molecule has 3 heterocycles. The minimum atomic E-state index is -0.314. The molecular formula is C26H27N5O2S. The van der Waals surface area contributed by atoms with Crippen molar-refractivity contribution in [1.29, 1.82) is 0 Å². The molecule has 0 atom stereocenters. The fraction of sp³-hybridized carbons (Fsp3) is 0.308. The summed E-state index contributed by atoms with van der Waals surface area (Å²) in [4.78, 5) is 34.6. The average molecular weight is 474 g/mol. The predicted molar refractivity (Wildman–Crippen MR) is 135 cm³/mol. The summed E-state index contributed by atoms with van der Waals surface area (Å²) in [7, 11) is 0. The molecule has 1 aliphatic heterocycles. The van der Waals surface area contributed by atoms with Gasteiger partial charge in [-0.1, -0.05) is 48.5 Å². The van der Waals surface area contributed by atoms with Crippen LogP contribution in [0, 0.1) is 13.8 Å². The molecule has 0 radical (unpaired) electrons. The third kappa shape index (κ3) is 4.46. The maximum atomic E-state index is 13.1. The van der Waals surface area contributed by atoms with Crippen molar-refractivity contribution in [3.8, 4) is 0 Å². The first-order chi connectivity index (χ1) is 16.5. The molecule has 1 amide bonds. The Morgan fingerprint density at radius 1 is 0.971 bits per heavy atom. The lowest BCUT2D eigenvalue weighted by Gasteiger charge is -2.37. The number of amides is 1. The summed E-state index contributed by atoms with van der Waals surface area (Å²) in [5.74, 6) is 0.0750. The van der Waals surface area contributed by atoms with Gasteiger partial charge in [0.1, 0.15) is 5.69 Å². The minimum absolute atomic E-state index is 0.0750. The predicted octanol–water partition coefficient (Wildman–Crippen LogP) is 3.25. The first-order valence-corrected chi connectivity index (χ1v) is 12.4. The molecule has 1 fully saturated rings. The number of hydrogen-bond donors (Lipinski definition) is 0. The van der Waals surface area contributed by atoms with E-state index in [1.165, 1.54) is 28.2 Å². The Balaban J connectivity index is 1.29. The topological polar surface area (TPSA) is 70.8 Å². The van der Waals surface area contributed by atoms with Gasteiger partial charge in [-0.15, -0.1) is 11.3 Å². The molecule has 4 aromatic rings. The normalized spacial score (nSPS) is 14.1. The van der Waals surface area contributed by atoms with Crippen LogP contribution in [0.15, 0.2) is 58.7 Å². The van der Waals surface area contributed by atoms with E-state index in [9.17, 15) is 9.59 Å². The van der Waals surface area contributed by atoms with Gasteiger partial charge in [0, 0.05) is 43.7 Å². The summed E-state index contributed by atoms with van der Waals surface area (Å²) in [5.41, 5.74) is 5.66. The Morgan fingerprint density at radius 3 is 2.38 bits per heavy atom. The highest BCUT2D eigenvalue weighted by Gasteiger charge is 2.24. The van der Waals surface area contributed by atoms with Crippen LogP contribution in [0.3, 0.4) is 0 Å². The number of nitrogens with zero attached hydrogens (tertiary/aromatic N) is 5. The van der Waals surface area contributed by atoms with Crippen LogP contribution in [0.25, 0.3) is 4.96 Å². The van der Waals surface area contributed by atoms with Gasteiger partial charge < -0.3 is 9.80 Å². The molecule has 0 unspecified atom stereocenters. The van der Waals surface area contributed by atoms with E-state index in [1.54, 1.807) is 4.52 Å². The van der Waals surface area contributed by atoms with Crippen LogP contribution in [0.4, 0.5) is 5.69 Å². The molecule has 1 aliphatic rings. The molecule has 8 heteroatoms. The molecule has 174 valence electrons. The molecule has 34 heavy (non-hydrogen) atoms. The molecule has 5 rings (SSSR count).